The summed E-state index contributed by atoms with van der Waals surface area (Å²) >= 11 is 0. The molecule has 3 heteroatoms. The predicted molar refractivity (Wildman–Crippen MR) is 90.3 cm³/mol. The zero-order chi connectivity index (χ0) is 15.0. The number of hydrogen-bond donors (Lipinski definition) is 1. The topological polar surface area (TPSA) is 29.1 Å². The molecule has 2 nitrogen and oxygen atoms in total. The van der Waals surface area contributed by atoms with Crippen LogP contribution in [-0.4, -0.2) is 12.6 Å². The quantitative estimate of drug-likeness (QED) is 0.560. The van der Waals surface area contributed by atoms with Gasteiger partial charge in [0.1, 0.15) is 0 Å². The summed E-state index contributed by atoms with van der Waals surface area (Å²) in [5, 5.41) is 3.07. The van der Waals surface area contributed by atoms with Gasteiger partial charge in [-0.05, 0) is 12.5 Å². The van der Waals surface area contributed by atoms with Crippen LogP contribution in [0, 0.1) is 0 Å². The number of amides is 1. The van der Waals surface area contributed by atoms with E-state index < -0.39 is 0 Å². The van der Waals surface area contributed by atoms with Gasteiger partial charge in [0, 0.05) is 12.1 Å². The van der Waals surface area contributed by atoms with Gasteiger partial charge in [-0.3, -0.25) is 4.79 Å². The van der Waals surface area contributed by atoms with Crippen LogP contribution in [0.5, 0.6) is 0 Å². The lowest BCUT2D eigenvalue weighted by Gasteiger charge is -2.19. The minimum absolute atomic E-state index is 0.0975. The molecule has 110 valence electrons. The number of aryl methyl sites for hydroxylation is 1. The molecule has 0 atom stereocenters. The van der Waals surface area contributed by atoms with E-state index in [1.165, 1.54) is 36.6 Å². The predicted octanol–water partition coefficient (Wildman–Crippen LogP) is 4.12. The summed E-state index contributed by atoms with van der Waals surface area (Å²) in [7, 11) is 0. The molecule has 0 bridgehead atoms. The molecule has 0 aliphatic carbocycles. The minimum atomic E-state index is 0.0975. The molecule has 1 aromatic carbocycles. The van der Waals surface area contributed by atoms with E-state index in [0.29, 0.717) is 13.1 Å². The van der Waals surface area contributed by atoms with Crippen LogP contribution < -0.4 is 10.8 Å². The Bertz CT molecular complexity index is 431. The highest BCUT2D eigenvalue weighted by Gasteiger charge is 2.18. The van der Waals surface area contributed by atoms with Gasteiger partial charge in [0.25, 0.3) is 0 Å². The van der Waals surface area contributed by atoms with E-state index in [-0.39, 0.29) is 5.91 Å². The standard InChI is InChI=1S/C17H28BNO/c1-5-8-9-13-18(4)17-14(6-2)11-10-12-15(17)19-16(20)7-3/h10-12H,5-9,13H2,1-4H3,(H,19,20). The monoisotopic (exact) mass is 273 g/mol. The second kappa shape index (κ2) is 8.83. The molecule has 0 saturated heterocycles. The number of hydrogen-bond acceptors (Lipinski definition) is 1. The summed E-state index contributed by atoms with van der Waals surface area (Å²) in [6.45, 7) is 9.10. The van der Waals surface area contributed by atoms with Crippen molar-refractivity contribution in [3.63, 3.8) is 0 Å². The molecule has 0 spiro atoms. The van der Waals surface area contributed by atoms with E-state index in [1.807, 2.05) is 19.1 Å². The van der Waals surface area contributed by atoms with E-state index in [2.05, 4.69) is 32.1 Å². The van der Waals surface area contributed by atoms with Gasteiger partial charge in [0.05, 0.1) is 0 Å². The maximum atomic E-state index is 11.7. The Balaban J connectivity index is 2.96. The number of anilines is 1. The first kappa shape index (κ1) is 16.8. The Morgan fingerprint density at radius 3 is 2.55 bits per heavy atom. The van der Waals surface area contributed by atoms with Crippen molar-refractivity contribution < 1.29 is 4.79 Å². The van der Waals surface area contributed by atoms with Crippen molar-refractivity contribution in [3.8, 4) is 0 Å². The number of unbranched alkanes of at least 4 members (excludes halogenated alkanes) is 2. The number of nitrogens with one attached hydrogen (secondary N) is 1. The highest BCUT2D eigenvalue weighted by molar-refractivity contribution is 6.74. The zero-order valence-electron chi connectivity index (χ0n) is 13.5. The lowest BCUT2D eigenvalue weighted by molar-refractivity contribution is -0.115. The Kier molecular flexibility index (Phi) is 7.42. The van der Waals surface area contributed by atoms with Gasteiger partial charge < -0.3 is 5.32 Å². The third-order valence-corrected chi connectivity index (χ3v) is 3.91. The second-order valence-corrected chi connectivity index (χ2v) is 5.53. The van der Waals surface area contributed by atoms with E-state index in [9.17, 15) is 4.79 Å². The molecule has 0 fully saturated rings. The second-order valence-electron chi connectivity index (χ2n) is 5.53. The summed E-state index contributed by atoms with van der Waals surface area (Å²) in [6, 6.07) is 6.28. The lowest BCUT2D eigenvalue weighted by Crippen LogP contribution is -2.33. The average molecular weight is 273 g/mol. The van der Waals surface area contributed by atoms with Crippen molar-refractivity contribution in [3.05, 3.63) is 23.8 Å². The molecule has 20 heavy (non-hydrogen) atoms. The van der Waals surface area contributed by atoms with Gasteiger partial charge in [-0.15, -0.1) is 0 Å². The molecule has 1 rings (SSSR count). The molecule has 0 heterocycles. The Labute approximate surface area is 124 Å². The molecule has 0 saturated carbocycles. The first-order chi connectivity index (χ1) is 9.63. The van der Waals surface area contributed by atoms with Crippen LogP contribution in [0.1, 0.15) is 52.0 Å². The number of rotatable bonds is 8. The summed E-state index contributed by atoms with van der Waals surface area (Å²) in [5.41, 5.74) is 3.72. The van der Waals surface area contributed by atoms with Crippen LogP contribution in [0.25, 0.3) is 0 Å². The summed E-state index contributed by atoms with van der Waals surface area (Å²) in [6.07, 6.45) is 6.54. The van der Waals surface area contributed by atoms with Crippen molar-refractivity contribution in [2.45, 2.75) is 66.0 Å². The Morgan fingerprint density at radius 2 is 1.95 bits per heavy atom. The van der Waals surface area contributed by atoms with Crippen LogP contribution in [-0.2, 0) is 11.2 Å². The summed E-state index contributed by atoms with van der Waals surface area (Å²) < 4.78 is 0. The van der Waals surface area contributed by atoms with Crippen LogP contribution in [0.3, 0.4) is 0 Å². The molecule has 0 aromatic heterocycles. The molecule has 1 amide bonds. The first-order valence-corrected chi connectivity index (χ1v) is 8.05. The SMILES string of the molecule is CCCCCB(C)c1c(CC)cccc1NC(=O)CC. The van der Waals surface area contributed by atoms with Crippen molar-refractivity contribution in [2.24, 2.45) is 0 Å². The average Bonchev–Trinajstić information content (AvgIpc) is 2.46. The normalized spacial score (nSPS) is 10.4. The van der Waals surface area contributed by atoms with Crippen molar-refractivity contribution in [2.75, 3.05) is 5.32 Å². The van der Waals surface area contributed by atoms with Gasteiger partial charge >= 0.3 is 0 Å². The van der Waals surface area contributed by atoms with Gasteiger partial charge in [-0.25, -0.2) is 0 Å². The highest BCUT2D eigenvalue weighted by atomic mass is 16.1. The summed E-state index contributed by atoms with van der Waals surface area (Å²) in [5.74, 6) is 0.0975. The van der Waals surface area contributed by atoms with E-state index in [1.54, 1.807) is 0 Å². The third-order valence-electron chi connectivity index (χ3n) is 3.91. The molecule has 0 aliphatic rings. The summed E-state index contributed by atoms with van der Waals surface area (Å²) in [4.78, 5) is 11.7. The Morgan fingerprint density at radius 1 is 1.20 bits per heavy atom. The van der Waals surface area contributed by atoms with Crippen LogP contribution >= 0.6 is 0 Å². The highest BCUT2D eigenvalue weighted by Crippen LogP contribution is 2.15. The zero-order valence-corrected chi connectivity index (χ0v) is 13.5. The molecule has 0 aliphatic heterocycles. The van der Waals surface area contributed by atoms with Crippen molar-refractivity contribution >= 4 is 23.8 Å². The smallest absolute Gasteiger partial charge is 0.224 e. The lowest BCUT2D eigenvalue weighted by atomic mass is 9.42. The van der Waals surface area contributed by atoms with Crippen LogP contribution in [0.2, 0.25) is 13.1 Å². The number of benzene rings is 1. The van der Waals surface area contributed by atoms with Gasteiger partial charge in [0.15, 0.2) is 6.71 Å². The fraction of sp³-hybridized carbons (Fsp3) is 0.588. The first-order valence-electron chi connectivity index (χ1n) is 8.05. The largest absolute Gasteiger partial charge is 0.327 e. The maximum absolute atomic E-state index is 11.7. The molecule has 0 unspecified atom stereocenters. The fourth-order valence-electron chi connectivity index (χ4n) is 2.70. The number of carbonyl (C=O) groups excluding carboxylic acids is 1. The Hall–Kier alpha value is -1.25. The van der Waals surface area contributed by atoms with Gasteiger partial charge in [-0.1, -0.05) is 76.3 Å². The van der Waals surface area contributed by atoms with E-state index in [0.717, 1.165) is 12.1 Å². The third kappa shape index (κ3) is 4.70. The van der Waals surface area contributed by atoms with Gasteiger partial charge in [-0.2, -0.15) is 0 Å². The van der Waals surface area contributed by atoms with Crippen LogP contribution in [0.4, 0.5) is 5.69 Å². The molecular weight excluding hydrogens is 245 g/mol. The number of carbonyl (C=O) groups is 1. The van der Waals surface area contributed by atoms with E-state index >= 15 is 0 Å². The molecule has 1 aromatic rings. The molecular formula is C17H28BNO. The van der Waals surface area contributed by atoms with Crippen molar-refractivity contribution in [1.82, 2.24) is 0 Å². The molecule has 1 N–H and O–H groups in total. The van der Waals surface area contributed by atoms with Crippen molar-refractivity contribution in [1.29, 1.82) is 0 Å². The fourth-order valence-corrected chi connectivity index (χ4v) is 2.70. The van der Waals surface area contributed by atoms with Crippen LogP contribution in [0.15, 0.2) is 18.2 Å². The van der Waals surface area contributed by atoms with E-state index in [4.69, 9.17) is 0 Å². The van der Waals surface area contributed by atoms with Gasteiger partial charge in [0.2, 0.25) is 5.91 Å². The minimum Gasteiger partial charge on any atom is -0.327 e. The molecule has 0 radical (unpaired) electrons. The maximum Gasteiger partial charge on any atom is 0.224 e.